The van der Waals surface area contributed by atoms with Crippen LogP contribution in [0.1, 0.15) is 110 Å². The van der Waals surface area contributed by atoms with E-state index < -0.39 is 48.1 Å². The molecule has 0 radical (unpaired) electrons. The number of carboxylic acids is 1. The molecule has 2 aromatic rings. The van der Waals surface area contributed by atoms with E-state index in [9.17, 15) is 24.2 Å². The van der Waals surface area contributed by atoms with Crippen LogP contribution in [0, 0.1) is 5.41 Å². The van der Waals surface area contributed by atoms with Gasteiger partial charge < -0.3 is 38.6 Å². The Morgan fingerprint density at radius 1 is 1.00 bits per heavy atom. The molecule has 1 saturated heterocycles. The van der Waals surface area contributed by atoms with Gasteiger partial charge in [0.05, 0.1) is 30.8 Å². The van der Waals surface area contributed by atoms with E-state index in [1.807, 2.05) is 6.92 Å². The van der Waals surface area contributed by atoms with Crippen LogP contribution in [0.5, 0.6) is 11.5 Å². The van der Waals surface area contributed by atoms with Crippen LogP contribution in [0.2, 0.25) is 6.32 Å². The quantitative estimate of drug-likeness (QED) is 0.162. The number of rotatable bonds is 13. The van der Waals surface area contributed by atoms with Crippen molar-refractivity contribution in [3.63, 3.8) is 0 Å². The average Bonchev–Trinajstić information content (AvgIpc) is 3.36. The van der Waals surface area contributed by atoms with Crippen molar-refractivity contribution in [1.29, 1.82) is 0 Å². The molecule has 1 amide bonds. The molecular weight excluding hydrogens is 675 g/mol. The van der Waals surface area contributed by atoms with Crippen molar-refractivity contribution in [2.45, 2.75) is 137 Å². The fraction of sp³-hybridized carbons (Fsp3) is 0.667. The highest BCUT2D eigenvalue weighted by Gasteiger charge is 2.40. The van der Waals surface area contributed by atoms with Gasteiger partial charge in [0.15, 0.2) is 5.75 Å². The van der Waals surface area contributed by atoms with Crippen LogP contribution in [0.4, 0.5) is 4.79 Å². The smallest absolute Gasteiger partial charge is 0.486 e. The number of likely N-dealkylation sites (tertiary alicyclic amines) is 1. The molecule has 0 bridgehead atoms. The lowest BCUT2D eigenvalue weighted by Crippen LogP contribution is -2.56. The molecule has 2 N–H and O–H groups in total. The number of esters is 1. The SMILES string of the molecule is CC1(C)CCCC(C)(OB(O)CCc2ccc(OC3CN(C(=O)Cc4cn(CC(=O)O)nn4)C3)c(C(=O)OC(C)(C)C)c2OC(=O)OC(C)(C)C)C1. The molecule has 1 aliphatic carbocycles. The van der Waals surface area contributed by atoms with Gasteiger partial charge in [-0.2, -0.15) is 0 Å². The number of hydrogen-bond acceptors (Lipinski definition) is 12. The predicted octanol–water partition coefficient (Wildman–Crippen LogP) is 4.86. The normalized spacial score (nSPS) is 19.0. The number of aromatic nitrogens is 3. The van der Waals surface area contributed by atoms with Gasteiger partial charge in [0.2, 0.25) is 5.91 Å². The van der Waals surface area contributed by atoms with E-state index in [2.05, 4.69) is 24.2 Å². The first kappa shape index (κ1) is 40.6. The summed E-state index contributed by atoms with van der Waals surface area (Å²) in [7, 11) is -1.12. The summed E-state index contributed by atoms with van der Waals surface area (Å²) in [6.07, 6.45) is 3.82. The zero-order chi connectivity index (χ0) is 38.6. The topological polar surface area (TPSA) is 189 Å². The Labute approximate surface area is 305 Å². The summed E-state index contributed by atoms with van der Waals surface area (Å²) >= 11 is 0. The van der Waals surface area contributed by atoms with Gasteiger partial charge in [-0.25, -0.2) is 14.3 Å². The van der Waals surface area contributed by atoms with Gasteiger partial charge in [-0.1, -0.05) is 31.5 Å². The lowest BCUT2D eigenvalue weighted by Gasteiger charge is -2.43. The van der Waals surface area contributed by atoms with Crippen LogP contribution in [0.25, 0.3) is 0 Å². The highest BCUT2D eigenvalue weighted by Crippen LogP contribution is 2.43. The summed E-state index contributed by atoms with van der Waals surface area (Å²) in [5, 5.41) is 27.6. The van der Waals surface area contributed by atoms with Gasteiger partial charge >= 0.3 is 25.2 Å². The van der Waals surface area contributed by atoms with E-state index >= 15 is 0 Å². The minimum absolute atomic E-state index is 0.0788. The standard InChI is InChI=1S/C36H53BN4O11/c1-33(2,3)50-31(45)29-26(48-25-19-40(20-25)27(42)17-24-18-41(39-38-24)21-28(43)44)12-11-23(30(29)49-32(46)51-34(4,5)6)13-16-37(47)52-36(9)15-10-14-35(7,8)22-36/h11-12,18,25,47H,10,13-17,19-22H2,1-9H3,(H,43,44). The number of nitrogens with zero attached hydrogens (tertiary/aromatic N) is 4. The van der Waals surface area contributed by atoms with E-state index in [0.717, 1.165) is 30.4 Å². The van der Waals surface area contributed by atoms with Crippen molar-refractivity contribution in [2.24, 2.45) is 5.41 Å². The number of benzene rings is 1. The Hall–Kier alpha value is -4.18. The van der Waals surface area contributed by atoms with Crippen LogP contribution in [0.15, 0.2) is 18.3 Å². The maximum absolute atomic E-state index is 13.8. The molecule has 1 aliphatic heterocycles. The number of aliphatic carboxylic acids is 1. The molecule has 1 aromatic heterocycles. The number of carboxylic acid groups (broad SMARTS) is 1. The van der Waals surface area contributed by atoms with Gasteiger partial charge in [-0.3, -0.25) is 9.59 Å². The van der Waals surface area contributed by atoms with Gasteiger partial charge in [-0.15, -0.1) is 5.10 Å². The monoisotopic (exact) mass is 728 g/mol. The Morgan fingerprint density at radius 2 is 1.67 bits per heavy atom. The number of hydrogen-bond donors (Lipinski definition) is 2. The van der Waals surface area contributed by atoms with Crippen molar-refractivity contribution in [1.82, 2.24) is 19.9 Å². The van der Waals surface area contributed by atoms with Crippen molar-refractivity contribution in [2.75, 3.05) is 13.1 Å². The lowest BCUT2D eigenvalue weighted by atomic mass is 9.69. The molecule has 15 nitrogen and oxygen atoms in total. The van der Waals surface area contributed by atoms with Crippen LogP contribution in [-0.2, 0) is 43.1 Å². The minimum Gasteiger partial charge on any atom is -0.486 e. The summed E-state index contributed by atoms with van der Waals surface area (Å²) in [5.74, 6) is -2.17. The van der Waals surface area contributed by atoms with E-state index in [-0.39, 0.29) is 67.2 Å². The Kier molecular flexibility index (Phi) is 12.4. The highest BCUT2D eigenvalue weighted by molar-refractivity contribution is 6.42. The maximum Gasteiger partial charge on any atom is 0.514 e. The second-order valence-corrected chi connectivity index (χ2v) is 16.8. The van der Waals surface area contributed by atoms with Crippen LogP contribution < -0.4 is 9.47 Å². The fourth-order valence-corrected chi connectivity index (χ4v) is 6.59. The van der Waals surface area contributed by atoms with Gasteiger partial charge in [-0.05, 0) is 97.5 Å². The zero-order valence-electron chi connectivity index (χ0n) is 31.8. The summed E-state index contributed by atoms with van der Waals surface area (Å²) in [4.78, 5) is 52.3. The van der Waals surface area contributed by atoms with Crippen LogP contribution in [0.3, 0.4) is 0 Å². The summed E-state index contributed by atoms with van der Waals surface area (Å²) in [6, 6.07) is 3.24. The Morgan fingerprint density at radius 3 is 2.29 bits per heavy atom. The van der Waals surface area contributed by atoms with Gasteiger partial charge in [0.25, 0.3) is 0 Å². The first-order chi connectivity index (χ1) is 24.0. The first-order valence-electron chi connectivity index (χ1n) is 17.7. The highest BCUT2D eigenvalue weighted by atomic mass is 16.7. The molecule has 1 aromatic carbocycles. The molecule has 1 saturated carbocycles. The molecule has 2 aliphatic rings. The van der Waals surface area contributed by atoms with Crippen molar-refractivity contribution in [3.8, 4) is 11.5 Å². The van der Waals surface area contributed by atoms with Gasteiger partial charge in [0, 0.05) is 6.20 Å². The average molecular weight is 729 g/mol. The third-order valence-electron chi connectivity index (χ3n) is 8.58. The second-order valence-electron chi connectivity index (χ2n) is 16.8. The molecule has 2 fully saturated rings. The van der Waals surface area contributed by atoms with E-state index in [1.165, 1.54) is 11.1 Å². The Bertz CT molecular complexity index is 1620. The molecule has 52 heavy (non-hydrogen) atoms. The zero-order valence-corrected chi connectivity index (χ0v) is 31.8. The summed E-state index contributed by atoms with van der Waals surface area (Å²) in [6.45, 7) is 16.6. The molecule has 1 atom stereocenters. The van der Waals surface area contributed by atoms with E-state index in [4.69, 9.17) is 28.7 Å². The number of aryl methyl sites for hydroxylation is 1. The third-order valence-corrected chi connectivity index (χ3v) is 8.58. The van der Waals surface area contributed by atoms with Crippen LogP contribution >= 0.6 is 0 Å². The minimum atomic E-state index is -1.12. The predicted molar refractivity (Wildman–Crippen MR) is 189 cm³/mol. The number of carbonyl (C=O) groups is 4. The first-order valence-corrected chi connectivity index (χ1v) is 17.7. The van der Waals surface area contributed by atoms with E-state index in [1.54, 1.807) is 53.7 Å². The molecule has 16 heteroatoms. The molecular formula is C36H53BN4O11. The molecule has 1 unspecified atom stereocenters. The maximum atomic E-state index is 13.8. The Balaban J connectivity index is 1.55. The molecule has 286 valence electrons. The lowest BCUT2D eigenvalue weighted by molar-refractivity contribution is -0.139. The van der Waals surface area contributed by atoms with Crippen molar-refractivity contribution >= 4 is 31.1 Å². The fourth-order valence-electron chi connectivity index (χ4n) is 6.59. The van der Waals surface area contributed by atoms with Gasteiger partial charge in [0.1, 0.15) is 35.2 Å². The second kappa shape index (κ2) is 15.8. The van der Waals surface area contributed by atoms with Crippen molar-refractivity contribution in [3.05, 3.63) is 35.2 Å². The van der Waals surface area contributed by atoms with Crippen LogP contribution in [-0.4, -0.2) is 97.1 Å². The molecule has 4 rings (SSSR count). The number of ether oxygens (including phenoxy) is 4. The number of amides is 1. The van der Waals surface area contributed by atoms with Crippen molar-refractivity contribution < 1.29 is 52.9 Å². The summed E-state index contributed by atoms with van der Waals surface area (Å²) in [5.41, 5.74) is -1.58. The van der Waals surface area contributed by atoms with E-state index in [0.29, 0.717) is 11.3 Å². The largest absolute Gasteiger partial charge is 0.514 e. The summed E-state index contributed by atoms with van der Waals surface area (Å²) < 4.78 is 30.5. The molecule has 0 spiro atoms. The number of carbonyl (C=O) groups excluding carboxylic acids is 3. The molecule has 2 heterocycles. The third kappa shape index (κ3) is 11.9.